The molecule has 2 atom stereocenters. The van der Waals surface area contributed by atoms with Crippen molar-refractivity contribution in [3.63, 3.8) is 0 Å². The molecule has 2 nitrogen and oxygen atoms in total. The lowest BCUT2D eigenvalue weighted by atomic mass is 9.87. The molecule has 0 aliphatic carbocycles. The predicted octanol–water partition coefficient (Wildman–Crippen LogP) is 1.47. The van der Waals surface area contributed by atoms with Crippen molar-refractivity contribution in [3.05, 3.63) is 35.9 Å². The van der Waals surface area contributed by atoms with Crippen LogP contribution in [0.1, 0.15) is 11.6 Å². The van der Waals surface area contributed by atoms with Gasteiger partial charge in [0, 0.05) is 12.6 Å². The summed E-state index contributed by atoms with van der Waals surface area (Å²) in [4.78, 5) is 0. The number of nitrogens with zero attached hydrogens (tertiary/aromatic N) is 1. The molecule has 0 radical (unpaired) electrons. The van der Waals surface area contributed by atoms with Gasteiger partial charge in [-0.15, -0.1) is 0 Å². The fourth-order valence-corrected chi connectivity index (χ4v) is 1.48. The van der Waals surface area contributed by atoms with Crippen LogP contribution in [0.4, 0.5) is 0 Å². The van der Waals surface area contributed by atoms with Crippen LogP contribution >= 0.6 is 0 Å². The lowest BCUT2D eigenvalue weighted by molar-refractivity contribution is 0.299. The third-order valence-corrected chi connectivity index (χ3v) is 2.28. The summed E-state index contributed by atoms with van der Waals surface area (Å²) in [6.07, 6.45) is 0. The smallest absolute Gasteiger partial charge is 0.0782 e. The van der Waals surface area contributed by atoms with Crippen molar-refractivity contribution < 1.29 is 0 Å². The Kier molecular flexibility index (Phi) is 1.81. The number of benzene rings is 1. The van der Waals surface area contributed by atoms with Crippen LogP contribution in [0.2, 0.25) is 0 Å². The van der Waals surface area contributed by atoms with E-state index in [4.69, 9.17) is 5.26 Å². The van der Waals surface area contributed by atoms with E-state index >= 15 is 0 Å². The van der Waals surface area contributed by atoms with Gasteiger partial charge in [-0.3, -0.25) is 0 Å². The van der Waals surface area contributed by atoms with Gasteiger partial charge in [0.15, 0.2) is 0 Å². The summed E-state index contributed by atoms with van der Waals surface area (Å²) >= 11 is 0. The lowest BCUT2D eigenvalue weighted by Crippen LogP contribution is -2.44. The highest BCUT2D eigenvalue weighted by Gasteiger charge is 2.30. The van der Waals surface area contributed by atoms with Crippen LogP contribution in [0.5, 0.6) is 0 Å². The first-order valence-electron chi connectivity index (χ1n) is 4.10. The molecule has 2 rings (SSSR count). The van der Waals surface area contributed by atoms with Crippen molar-refractivity contribution >= 4 is 0 Å². The Morgan fingerprint density at radius 3 is 2.58 bits per heavy atom. The van der Waals surface area contributed by atoms with E-state index in [9.17, 15) is 0 Å². The molecule has 1 aliphatic rings. The van der Waals surface area contributed by atoms with Crippen molar-refractivity contribution in [2.45, 2.75) is 6.04 Å². The van der Waals surface area contributed by atoms with Gasteiger partial charge in [0.1, 0.15) is 0 Å². The van der Waals surface area contributed by atoms with Crippen LogP contribution in [-0.4, -0.2) is 6.54 Å². The Labute approximate surface area is 71.8 Å². The Balaban J connectivity index is 2.17. The molecular weight excluding hydrogens is 148 g/mol. The molecule has 0 spiro atoms. The zero-order valence-electron chi connectivity index (χ0n) is 6.70. The highest BCUT2D eigenvalue weighted by atomic mass is 15.0. The lowest BCUT2D eigenvalue weighted by Gasteiger charge is -2.33. The van der Waals surface area contributed by atoms with E-state index in [1.165, 1.54) is 5.56 Å². The molecule has 2 heteroatoms. The average molecular weight is 158 g/mol. The van der Waals surface area contributed by atoms with E-state index < -0.39 is 0 Å². The summed E-state index contributed by atoms with van der Waals surface area (Å²) in [6.45, 7) is 0.829. The second-order valence-corrected chi connectivity index (χ2v) is 3.03. The first kappa shape index (κ1) is 7.33. The first-order valence-corrected chi connectivity index (χ1v) is 4.10. The zero-order valence-corrected chi connectivity index (χ0v) is 6.70. The SMILES string of the molecule is N#CC1CNC1c1ccccc1. The molecule has 2 unspecified atom stereocenters. The molecule has 1 fully saturated rings. The summed E-state index contributed by atoms with van der Waals surface area (Å²) in [5.74, 6) is 0.160. The van der Waals surface area contributed by atoms with Crippen LogP contribution in [0.25, 0.3) is 0 Å². The van der Waals surface area contributed by atoms with Crippen molar-refractivity contribution in [1.29, 1.82) is 5.26 Å². The first-order chi connectivity index (χ1) is 5.92. The molecule has 1 N–H and O–H groups in total. The zero-order chi connectivity index (χ0) is 8.39. The third-order valence-electron chi connectivity index (χ3n) is 2.28. The quantitative estimate of drug-likeness (QED) is 0.671. The molecule has 1 heterocycles. The average Bonchev–Trinajstić information content (AvgIpc) is 2.05. The predicted molar refractivity (Wildman–Crippen MR) is 46.3 cm³/mol. The van der Waals surface area contributed by atoms with Gasteiger partial charge in [-0.05, 0) is 5.56 Å². The Hall–Kier alpha value is -1.33. The van der Waals surface area contributed by atoms with Crippen molar-refractivity contribution in [2.24, 2.45) is 5.92 Å². The highest BCUT2D eigenvalue weighted by molar-refractivity contribution is 5.24. The van der Waals surface area contributed by atoms with Crippen molar-refractivity contribution in [3.8, 4) is 6.07 Å². The third kappa shape index (κ3) is 1.09. The minimum atomic E-state index is 0.160. The minimum absolute atomic E-state index is 0.160. The number of nitrogens with one attached hydrogen (secondary N) is 1. The van der Waals surface area contributed by atoms with E-state index in [1.54, 1.807) is 0 Å². The molecule has 0 amide bonds. The van der Waals surface area contributed by atoms with E-state index in [0.717, 1.165) is 6.54 Å². The van der Waals surface area contributed by atoms with E-state index in [1.807, 2.05) is 18.2 Å². The van der Waals surface area contributed by atoms with Gasteiger partial charge < -0.3 is 5.32 Å². The molecule has 0 bridgehead atoms. The molecule has 0 aromatic heterocycles. The fraction of sp³-hybridized carbons (Fsp3) is 0.300. The number of hydrogen-bond donors (Lipinski definition) is 1. The molecular formula is C10H10N2. The maximum Gasteiger partial charge on any atom is 0.0782 e. The van der Waals surface area contributed by atoms with Gasteiger partial charge in [-0.25, -0.2) is 0 Å². The van der Waals surface area contributed by atoms with Crippen molar-refractivity contribution in [2.75, 3.05) is 6.54 Å². The van der Waals surface area contributed by atoms with Gasteiger partial charge in [0.25, 0.3) is 0 Å². The highest BCUT2D eigenvalue weighted by Crippen LogP contribution is 2.27. The van der Waals surface area contributed by atoms with Crippen molar-refractivity contribution in [1.82, 2.24) is 5.32 Å². The molecule has 1 aromatic rings. The second-order valence-electron chi connectivity index (χ2n) is 3.03. The Morgan fingerprint density at radius 2 is 2.08 bits per heavy atom. The standard InChI is InChI=1S/C10H10N2/c11-6-9-7-12-10(9)8-4-2-1-3-5-8/h1-5,9-10,12H,7H2. The molecule has 1 aliphatic heterocycles. The van der Waals surface area contributed by atoms with Gasteiger partial charge in [0.05, 0.1) is 12.0 Å². The normalized spacial score (nSPS) is 27.2. The minimum Gasteiger partial charge on any atom is -0.307 e. The van der Waals surface area contributed by atoms with E-state index in [0.29, 0.717) is 0 Å². The van der Waals surface area contributed by atoms with E-state index in [2.05, 4.69) is 23.5 Å². The number of nitriles is 1. The Bertz CT molecular complexity index is 299. The monoisotopic (exact) mass is 158 g/mol. The summed E-state index contributed by atoms with van der Waals surface area (Å²) in [6, 6.07) is 12.7. The summed E-state index contributed by atoms with van der Waals surface area (Å²) < 4.78 is 0. The summed E-state index contributed by atoms with van der Waals surface area (Å²) in [7, 11) is 0. The summed E-state index contributed by atoms with van der Waals surface area (Å²) in [5.41, 5.74) is 1.22. The van der Waals surface area contributed by atoms with E-state index in [-0.39, 0.29) is 12.0 Å². The second kappa shape index (κ2) is 2.96. The van der Waals surface area contributed by atoms with Crippen LogP contribution < -0.4 is 5.32 Å². The Morgan fingerprint density at radius 1 is 1.33 bits per heavy atom. The van der Waals surface area contributed by atoms with Crippen LogP contribution in [-0.2, 0) is 0 Å². The van der Waals surface area contributed by atoms with Gasteiger partial charge in [-0.1, -0.05) is 30.3 Å². The summed E-state index contributed by atoms with van der Waals surface area (Å²) in [5, 5.41) is 12.0. The molecule has 60 valence electrons. The van der Waals surface area contributed by atoms with Crippen LogP contribution in [0.3, 0.4) is 0 Å². The van der Waals surface area contributed by atoms with Crippen LogP contribution in [0.15, 0.2) is 30.3 Å². The number of hydrogen-bond acceptors (Lipinski definition) is 2. The number of rotatable bonds is 1. The van der Waals surface area contributed by atoms with Crippen LogP contribution in [0, 0.1) is 17.2 Å². The maximum absolute atomic E-state index is 8.73. The topological polar surface area (TPSA) is 35.8 Å². The molecule has 0 saturated carbocycles. The van der Waals surface area contributed by atoms with Gasteiger partial charge in [-0.2, -0.15) is 5.26 Å². The van der Waals surface area contributed by atoms with Gasteiger partial charge in [0.2, 0.25) is 0 Å². The largest absolute Gasteiger partial charge is 0.307 e. The van der Waals surface area contributed by atoms with Gasteiger partial charge >= 0.3 is 0 Å². The maximum atomic E-state index is 8.73. The molecule has 1 saturated heterocycles. The molecule has 1 aromatic carbocycles. The fourth-order valence-electron chi connectivity index (χ4n) is 1.48. The molecule has 12 heavy (non-hydrogen) atoms.